The van der Waals surface area contributed by atoms with Gasteiger partial charge in [-0.05, 0) is 49.2 Å². The summed E-state index contributed by atoms with van der Waals surface area (Å²) in [5.41, 5.74) is 2.85. The Labute approximate surface area is 190 Å². The molecular formula is C23H23ClN4O4. The number of methoxy groups -OCH3 is 1. The Morgan fingerprint density at radius 1 is 1.22 bits per heavy atom. The zero-order valence-corrected chi connectivity index (χ0v) is 18.7. The topological polar surface area (TPSA) is 87.5 Å². The summed E-state index contributed by atoms with van der Waals surface area (Å²) in [6.07, 6.45) is 1.44. The van der Waals surface area contributed by atoms with Gasteiger partial charge in [0, 0.05) is 10.7 Å². The Hall–Kier alpha value is -3.52. The van der Waals surface area contributed by atoms with Crippen LogP contribution in [0, 0.1) is 0 Å². The molecule has 1 atom stereocenters. The molecule has 0 amide bonds. The molecule has 4 rings (SSSR count). The number of ether oxygens (including phenoxy) is 3. The molecule has 3 aromatic rings. The van der Waals surface area contributed by atoms with Gasteiger partial charge in [0.2, 0.25) is 5.95 Å². The van der Waals surface area contributed by atoms with E-state index in [1.165, 1.54) is 6.33 Å². The van der Waals surface area contributed by atoms with Crippen LogP contribution in [0.3, 0.4) is 0 Å². The van der Waals surface area contributed by atoms with Crippen LogP contribution < -0.4 is 14.8 Å². The molecule has 8 nitrogen and oxygen atoms in total. The van der Waals surface area contributed by atoms with E-state index in [9.17, 15) is 4.79 Å². The van der Waals surface area contributed by atoms with Gasteiger partial charge in [-0.3, -0.25) is 0 Å². The molecule has 1 N–H and O–H groups in total. The van der Waals surface area contributed by atoms with Crippen LogP contribution in [0.15, 0.2) is 60.1 Å². The summed E-state index contributed by atoms with van der Waals surface area (Å²) in [5, 5.41) is 8.08. The van der Waals surface area contributed by atoms with Crippen LogP contribution in [0.4, 0.5) is 5.95 Å². The van der Waals surface area contributed by atoms with Crippen molar-refractivity contribution in [1.82, 2.24) is 14.8 Å². The summed E-state index contributed by atoms with van der Waals surface area (Å²) in [6, 6.07) is 12.5. The fourth-order valence-corrected chi connectivity index (χ4v) is 3.85. The summed E-state index contributed by atoms with van der Waals surface area (Å²) in [7, 11) is 1.57. The highest BCUT2D eigenvalue weighted by Crippen LogP contribution is 2.39. The van der Waals surface area contributed by atoms with E-state index in [-0.39, 0.29) is 6.61 Å². The minimum Gasteiger partial charge on any atom is -0.493 e. The van der Waals surface area contributed by atoms with Crippen LogP contribution in [-0.2, 0) is 16.1 Å². The predicted octanol–water partition coefficient (Wildman–Crippen LogP) is 4.37. The highest BCUT2D eigenvalue weighted by molar-refractivity contribution is 6.30. The van der Waals surface area contributed by atoms with Gasteiger partial charge in [0.1, 0.15) is 19.0 Å². The predicted molar refractivity (Wildman–Crippen MR) is 120 cm³/mol. The molecule has 0 radical (unpaired) electrons. The van der Waals surface area contributed by atoms with Crippen molar-refractivity contribution in [2.24, 2.45) is 0 Å². The van der Waals surface area contributed by atoms with Crippen molar-refractivity contribution in [3.05, 3.63) is 76.2 Å². The lowest BCUT2D eigenvalue weighted by molar-refractivity contribution is -0.139. The molecule has 0 saturated heterocycles. The highest BCUT2D eigenvalue weighted by atomic mass is 35.5. The highest BCUT2D eigenvalue weighted by Gasteiger charge is 2.34. The number of hydrogen-bond acceptors (Lipinski definition) is 7. The molecule has 1 aliphatic heterocycles. The molecular weight excluding hydrogens is 432 g/mol. The number of carbonyl (C=O) groups is 1. The van der Waals surface area contributed by atoms with E-state index in [1.54, 1.807) is 18.7 Å². The number of esters is 1. The van der Waals surface area contributed by atoms with Crippen LogP contribution in [0.25, 0.3) is 0 Å². The number of hydrogen-bond donors (Lipinski definition) is 1. The lowest BCUT2D eigenvalue weighted by Gasteiger charge is -2.28. The smallest absolute Gasteiger partial charge is 0.338 e. The maximum atomic E-state index is 12.8. The van der Waals surface area contributed by atoms with Crippen molar-refractivity contribution in [3.63, 3.8) is 0 Å². The number of anilines is 1. The quantitative estimate of drug-likeness (QED) is 0.530. The van der Waals surface area contributed by atoms with Gasteiger partial charge in [-0.15, -0.1) is 0 Å². The second-order valence-electron chi connectivity index (χ2n) is 7.14. The Morgan fingerprint density at radius 3 is 2.81 bits per heavy atom. The van der Waals surface area contributed by atoms with Gasteiger partial charge in [0.25, 0.3) is 0 Å². The van der Waals surface area contributed by atoms with E-state index < -0.39 is 12.0 Å². The normalized spacial score (nSPS) is 15.1. The fraction of sp³-hybridized carbons (Fsp3) is 0.261. The SMILES string of the molecule is CCOC(=O)C1=C(C)Nc2ncnn2C1c1ccc(OCc2cccc(Cl)c2)c(OC)c1. The van der Waals surface area contributed by atoms with Crippen molar-refractivity contribution in [1.29, 1.82) is 0 Å². The van der Waals surface area contributed by atoms with Crippen molar-refractivity contribution in [2.75, 3.05) is 19.0 Å². The number of allylic oxidation sites excluding steroid dienone is 1. The minimum absolute atomic E-state index is 0.270. The summed E-state index contributed by atoms with van der Waals surface area (Å²) < 4.78 is 18.5. The van der Waals surface area contributed by atoms with Gasteiger partial charge in [-0.2, -0.15) is 10.1 Å². The van der Waals surface area contributed by atoms with Crippen molar-refractivity contribution in [2.45, 2.75) is 26.5 Å². The number of aromatic nitrogens is 3. The average molecular weight is 455 g/mol. The number of fused-ring (bicyclic) bond motifs is 1. The van der Waals surface area contributed by atoms with E-state index >= 15 is 0 Å². The molecule has 0 saturated carbocycles. The summed E-state index contributed by atoms with van der Waals surface area (Å²) in [4.78, 5) is 17.0. The fourth-order valence-electron chi connectivity index (χ4n) is 3.63. The molecule has 0 spiro atoms. The molecule has 1 unspecified atom stereocenters. The molecule has 2 aromatic carbocycles. The number of rotatable bonds is 7. The first-order chi connectivity index (χ1) is 15.5. The molecule has 32 heavy (non-hydrogen) atoms. The summed E-state index contributed by atoms with van der Waals surface area (Å²) in [6.45, 7) is 4.20. The zero-order chi connectivity index (χ0) is 22.7. The first-order valence-corrected chi connectivity index (χ1v) is 10.5. The summed E-state index contributed by atoms with van der Waals surface area (Å²) >= 11 is 6.06. The van der Waals surface area contributed by atoms with Gasteiger partial charge in [-0.1, -0.05) is 29.8 Å². The van der Waals surface area contributed by atoms with Crippen LogP contribution >= 0.6 is 11.6 Å². The van der Waals surface area contributed by atoms with E-state index in [2.05, 4.69) is 15.4 Å². The maximum absolute atomic E-state index is 12.8. The van der Waals surface area contributed by atoms with Crippen LogP contribution in [0.5, 0.6) is 11.5 Å². The number of carbonyl (C=O) groups excluding carboxylic acids is 1. The van der Waals surface area contributed by atoms with Gasteiger partial charge >= 0.3 is 5.97 Å². The molecule has 166 valence electrons. The third-order valence-corrected chi connectivity index (χ3v) is 5.31. The Morgan fingerprint density at radius 2 is 2.06 bits per heavy atom. The first-order valence-electron chi connectivity index (χ1n) is 10.1. The van der Waals surface area contributed by atoms with Gasteiger partial charge in [0.15, 0.2) is 11.5 Å². The Balaban J connectivity index is 1.68. The number of halogens is 1. The molecule has 0 bridgehead atoms. The molecule has 1 aliphatic rings. The third kappa shape index (κ3) is 4.27. The number of nitrogens with one attached hydrogen (secondary N) is 1. The lowest BCUT2D eigenvalue weighted by Crippen LogP contribution is -2.29. The standard InChI is InChI=1S/C23H23ClN4O4/c1-4-31-22(29)20-14(2)27-23-25-13-26-28(23)21(20)16-8-9-18(19(11-16)30-3)32-12-15-6-5-7-17(24)10-15/h5-11,13,21H,4,12H2,1-3H3,(H,25,26,27). The number of benzene rings is 2. The average Bonchev–Trinajstić information content (AvgIpc) is 3.25. The molecule has 0 aliphatic carbocycles. The maximum Gasteiger partial charge on any atom is 0.338 e. The van der Waals surface area contributed by atoms with Crippen LogP contribution in [0.2, 0.25) is 5.02 Å². The van der Waals surface area contributed by atoms with E-state index in [4.69, 9.17) is 25.8 Å². The first kappa shape index (κ1) is 21.7. The van der Waals surface area contributed by atoms with Crippen molar-refractivity contribution in [3.8, 4) is 11.5 Å². The van der Waals surface area contributed by atoms with Gasteiger partial charge in [-0.25, -0.2) is 9.48 Å². The molecule has 9 heteroatoms. The minimum atomic E-state index is -0.524. The molecule has 2 heterocycles. The summed E-state index contributed by atoms with van der Waals surface area (Å²) in [5.74, 6) is 1.23. The van der Waals surface area contributed by atoms with E-state index in [1.807, 2.05) is 49.4 Å². The van der Waals surface area contributed by atoms with E-state index in [0.29, 0.717) is 40.3 Å². The van der Waals surface area contributed by atoms with Gasteiger partial charge < -0.3 is 19.5 Å². The molecule has 1 aromatic heterocycles. The van der Waals surface area contributed by atoms with Crippen LogP contribution in [0.1, 0.15) is 31.0 Å². The largest absolute Gasteiger partial charge is 0.493 e. The number of nitrogens with zero attached hydrogens (tertiary/aromatic N) is 3. The second-order valence-corrected chi connectivity index (χ2v) is 7.58. The monoisotopic (exact) mass is 454 g/mol. The Kier molecular flexibility index (Phi) is 6.32. The third-order valence-electron chi connectivity index (χ3n) is 5.08. The van der Waals surface area contributed by atoms with E-state index in [0.717, 1.165) is 11.1 Å². The molecule has 0 fully saturated rings. The Bertz CT molecular complexity index is 1170. The lowest BCUT2D eigenvalue weighted by atomic mass is 9.95. The van der Waals surface area contributed by atoms with Gasteiger partial charge in [0.05, 0.1) is 19.3 Å². The van der Waals surface area contributed by atoms with Crippen LogP contribution in [-0.4, -0.2) is 34.5 Å². The second kappa shape index (κ2) is 9.32. The zero-order valence-electron chi connectivity index (χ0n) is 18.0. The van der Waals surface area contributed by atoms with Crippen molar-refractivity contribution >= 4 is 23.5 Å². The van der Waals surface area contributed by atoms with Crippen molar-refractivity contribution < 1.29 is 19.0 Å².